The fourth-order valence-corrected chi connectivity index (χ4v) is 1.29. The molecule has 0 saturated heterocycles. The molecule has 0 amide bonds. The van der Waals surface area contributed by atoms with Gasteiger partial charge in [0.05, 0.1) is 0 Å². The zero-order chi connectivity index (χ0) is 7.56. The smallest absolute Gasteiger partial charge is 0.0273 e. The second-order valence-corrected chi connectivity index (χ2v) is 2.77. The predicted octanol–water partition coefficient (Wildman–Crippen LogP) is 3.23. The minimum absolute atomic E-state index is 1.18. The average molecular weight is 134 g/mol. The molecule has 0 aromatic heterocycles. The third-order valence-corrected chi connectivity index (χ3v) is 1.90. The number of hydrogen-bond donors (Lipinski definition) is 0. The van der Waals surface area contributed by atoms with Gasteiger partial charge in [-0.2, -0.15) is 0 Å². The Hall–Kier alpha value is -0.780. The normalized spacial score (nSPS) is 17.2. The van der Waals surface area contributed by atoms with E-state index in [0.29, 0.717) is 0 Å². The highest BCUT2D eigenvalue weighted by molar-refractivity contribution is 5.51. The van der Waals surface area contributed by atoms with Crippen molar-refractivity contribution in [3.8, 4) is 0 Å². The van der Waals surface area contributed by atoms with Crippen LogP contribution in [0.15, 0.2) is 35.5 Å². The largest absolute Gasteiger partial charge is 0.0915 e. The maximum Gasteiger partial charge on any atom is -0.0273 e. The molecule has 54 valence electrons. The molecule has 0 fully saturated rings. The molecule has 0 heteroatoms. The molecular weight excluding hydrogens is 120 g/mol. The predicted molar refractivity (Wildman–Crippen MR) is 45.9 cm³/mol. The Bertz CT molecular complexity index is 204. The van der Waals surface area contributed by atoms with Crippen molar-refractivity contribution in [2.45, 2.75) is 26.7 Å². The quantitative estimate of drug-likeness (QED) is 0.544. The van der Waals surface area contributed by atoms with Crippen molar-refractivity contribution in [2.24, 2.45) is 0 Å². The average Bonchev–Trinajstić information content (AvgIpc) is 2.20. The molecule has 0 aromatic rings. The highest BCUT2D eigenvalue weighted by atomic mass is 14.1. The van der Waals surface area contributed by atoms with E-state index in [-0.39, 0.29) is 0 Å². The van der Waals surface area contributed by atoms with Gasteiger partial charge in [-0.1, -0.05) is 32.1 Å². The fourth-order valence-electron chi connectivity index (χ4n) is 1.29. The van der Waals surface area contributed by atoms with Crippen molar-refractivity contribution in [3.63, 3.8) is 0 Å². The lowest BCUT2D eigenvalue weighted by molar-refractivity contribution is 0.914. The van der Waals surface area contributed by atoms with Gasteiger partial charge in [0.1, 0.15) is 0 Å². The van der Waals surface area contributed by atoms with E-state index >= 15 is 0 Å². The van der Waals surface area contributed by atoms with Crippen LogP contribution in [0.4, 0.5) is 0 Å². The van der Waals surface area contributed by atoms with Crippen molar-refractivity contribution in [3.05, 3.63) is 35.5 Å². The molecule has 10 heavy (non-hydrogen) atoms. The molecule has 0 radical (unpaired) electrons. The summed E-state index contributed by atoms with van der Waals surface area (Å²) in [4.78, 5) is 0. The van der Waals surface area contributed by atoms with Crippen molar-refractivity contribution >= 4 is 0 Å². The summed E-state index contributed by atoms with van der Waals surface area (Å²) < 4.78 is 0. The molecule has 0 atom stereocenters. The van der Waals surface area contributed by atoms with Crippen LogP contribution in [0.3, 0.4) is 0 Å². The Morgan fingerprint density at radius 1 is 1.40 bits per heavy atom. The number of hydrogen-bond acceptors (Lipinski definition) is 0. The van der Waals surface area contributed by atoms with E-state index in [2.05, 4.69) is 32.6 Å². The second-order valence-electron chi connectivity index (χ2n) is 2.77. The van der Waals surface area contributed by atoms with E-state index in [1.165, 1.54) is 29.6 Å². The summed E-state index contributed by atoms with van der Waals surface area (Å²) in [5.74, 6) is 0. The van der Waals surface area contributed by atoms with Crippen LogP contribution < -0.4 is 0 Å². The van der Waals surface area contributed by atoms with Crippen LogP contribution in [-0.2, 0) is 0 Å². The van der Waals surface area contributed by atoms with E-state index in [1.54, 1.807) is 0 Å². The summed E-state index contributed by atoms with van der Waals surface area (Å²) in [7, 11) is 0. The molecule has 0 saturated carbocycles. The minimum Gasteiger partial charge on any atom is -0.0915 e. The van der Waals surface area contributed by atoms with Gasteiger partial charge in [-0.05, 0) is 30.1 Å². The maximum absolute atomic E-state index is 3.96. The Kier molecular flexibility index (Phi) is 2.10. The molecular formula is C10H14. The summed E-state index contributed by atoms with van der Waals surface area (Å²) in [6.45, 7) is 8.31. The summed E-state index contributed by atoms with van der Waals surface area (Å²) in [6, 6.07) is 0. The van der Waals surface area contributed by atoms with Gasteiger partial charge in [0.2, 0.25) is 0 Å². The van der Waals surface area contributed by atoms with Gasteiger partial charge in [0.15, 0.2) is 0 Å². The lowest BCUT2D eigenvalue weighted by Crippen LogP contribution is -1.82. The van der Waals surface area contributed by atoms with Crippen LogP contribution in [0.25, 0.3) is 0 Å². The molecule has 0 heterocycles. The lowest BCUT2D eigenvalue weighted by atomic mass is 10.0. The highest BCUT2D eigenvalue weighted by Crippen LogP contribution is 2.26. The van der Waals surface area contributed by atoms with Crippen LogP contribution >= 0.6 is 0 Å². The first-order valence-electron chi connectivity index (χ1n) is 3.82. The minimum atomic E-state index is 1.18. The second kappa shape index (κ2) is 2.87. The number of rotatable bonds is 2. The van der Waals surface area contributed by atoms with E-state index in [9.17, 15) is 0 Å². The molecule has 1 aliphatic carbocycles. The van der Waals surface area contributed by atoms with E-state index in [1.807, 2.05) is 0 Å². The summed E-state index contributed by atoms with van der Waals surface area (Å²) in [5.41, 5.74) is 4.05. The van der Waals surface area contributed by atoms with Gasteiger partial charge >= 0.3 is 0 Å². The fraction of sp³-hybridized carbons (Fsp3) is 0.400. The zero-order valence-electron chi connectivity index (χ0n) is 6.78. The van der Waals surface area contributed by atoms with Crippen molar-refractivity contribution < 1.29 is 0 Å². The summed E-state index contributed by atoms with van der Waals surface area (Å²) >= 11 is 0. The van der Waals surface area contributed by atoms with Crippen molar-refractivity contribution in [2.75, 3.05) is 0 Å². The van der Waals surface area contributed by atoms with E-state index in [4.69, 9.17) is 0 Å². The molecule has 0 unspecified atom stereocenters. The molecule has 0 nitrogen and oxygen atoms in total. The Balaban J connectivity index is 2.75. The first-order valence-corrected chi connectivity index (χ1v) is 3.82. The van der Waals surface area contributed by atoms with Gasteiger partial charge in [-0.15, -0.1) is 0 Å². The molecule has 0 N–H and O–H groups in total. The van der Waals surface area contributed by atoms with Crippen molar-refractivity contribution in [1.82, 2.24) is 0 Å². The topological polar surface area (TPSA) is 0 Å². The first kappa shape index (κ1) is 7.33. The van der Waals surface area contributed by atoms with Crippen LogP contribution in [0.1, 0.15) is 26.7 Å². The van der Waals surface area contributed by atoms with Gasteiger partial charge in [-0.25, -0.2) is 0 Å². The molecule has 0 spiro atoms. The van der Waals surface area contributed by atoms with E-state index < -0.39 is 0 Å². The highest BCUT2D eigenvalue weighted by Gasteiger charge is 2.06. The van der Waals surface area contributed by atoms with Crippen LogP contribution in [0.2, 0.25) is 0 Å². The van der Waals surface area contributed by atoms with Crippen LogP contribution in [-0.4, -0.2) is 0 Å². The molecule has 0 aliphatic heterocycles. The zero-order valence-corrected chi connectivity index (χ0v) is 6.78. The standard InChI is InChI=1S/C10H14/c1-4-5-10-8(2)6-7-9(10)3/h6-7H,2,4-5H2,1,3H3. The maximum atomic E-state index is 3.96. The van der Waals surface area contributed by atoms with Gasteiger partial charge < -0.3 is 0 Å². The molecule has 0 aromatic carbocycles. The molecule has 1 aliphatic rings. The summed E-state index contributed by atoms with van der Waals surface area (Å²) in [5, 5.41) is 0. The van der Waals surface area contributed by atoms with Gasteiger partial charge in [-0.3, -0.25) is 0 Å². The van der Waals surface area contributed by atoms with Gasteiger partial charge in [0, 0.05) is 0 Å². The first-order chi connectivity index (χ1) is 4.75. The number of allylic oxidation sites excluding steroid dienone is 5. The lowest BCUT2D eigenvalue weighted by Gasteiger charge is -2.01. The monoisotopic (exact) mass is 134 g/mol. The summed E-state index contributed by atoms with van der Waals surface area (Å²) in [6.07, 6.45) is 6.64. The Morgan fingerprint density at radius 3 is 2.50 bits per heavy atom. The molecule has 1 rings (SSSR count). The third kappa shape index (κ3) is 1.21. The van der Waals surface area contributed by atoms with Gasteiger partial charge in [0.25, 0.3) is 0 Å². The Labute approximate surface area is 62.9 Å². The van der Waals surface area contributed by atoms with Crippen LogP contribution in [0, 0.1) is 0 Å². The Morgan fingerprint density at radius 2 is 2.10 bits per heavy atom. The third-order valence-electron chi connectivity index (χ3n) is 1.90. The van der Waals surface area contributed by atoms with E-state index in [0.717, 1.165) is 0 Å². The SMILES string of the molecule is C=C1C=CC(C)=C1CCC. The van der Waals surface area contributed by atoms with Crippen molar-refractivity contribution in [1.29, 1.82) is 0 Å². The van der Waals surface area contributed by atoms with Crippen LogP contribution in [0.5, 0.6) is 0 Å². The molecule has 0 bridgehead atoms.